The van der Waals surface area contributed by atoms with Gasteiger partial charge in [0.25, 0.3) is 5.91 Å². The number of carbonyl (C=O) groups is 2. The second-order valence-corrected chi connectivity index (χ2v) is 11.8. The topological polar surface area (TPSA) is 89.4 Å². The van der Waals surface area contributed by atoms with Crippen molar-refractivity contribution < 1.29 is 36.3 Å². The first-order valence-corrected chi connectivity index (χ1v) is 14.5. The number of esters is 1. The Balaban J connectivity index is 1.42. The number of amides is 1. The fraction of sp³-hybridized carbons (Fsp3) is 0.467. The van der Waals surface area contributed by atoms with Gasteiger partial charge in [-0.2, -0.15) is 18.3 Å². The third-order valence-electron chi connectivity index (χ3n) is 8.57. The summed E-state index contributed by atoms with van der Waals surface area (Å²) in [7, 11) is 1.54. The first-order chi connectivity index (χ1) is 20.7. The van der Waals surface area contributed by atoms with Crippen molar-refractivity contribution in [3.05, 3.63) is 75.8 Å². The Bertz CT molecular complexity index is 1570. The number of hydrogen-bond acceptors (Lipinski definition) is 6. The second kappa shape index (κ2) is 12.1. The number of nitrogens with one attached hydrogen (secondary N) is 1. The molecule has 1 aromatic heterocycles. The lowest BCUT2D eigenvalue weighted by Gasteiger charge is -2.40. The van der Waals surface area contributed by atoms with Crippen molar-refractivity contribution in [3.63, 3.8) is 0 Å². The van der Waals surface area contributed by atoms with Crippen LogP contribution >= 0.6 is 11.6 Å². The van der Waals surface area contributed by atoms with E-state index in [1.807, 2.05) is 26.0 Å². The molecule has 1 amide bonds. The highest BCUT2D eigenvalue weighted by molar-refractivity contribution is 6.31. The van der Waals surface area contributed by atoms with Crippen molar-refractivity contribution in [1.82, 2.24) is 25.0 Å². The van der Waals surface area contributed by atoms with Crippen LogP contribution in [0.15, 0.2) is 36.4 Å². The lowest BCUT2D eigenvalue weighted by Crippen LogP contribution is -2.56. The van der Waals surface area contributed by atoms with Gasteiger partial charge in [-0.3, -0.25) is 4.79 Å². The van der Waals surface area contributed by atoms with Crippen molar-refractivity contribution in [1.29, 1.82) is 0 Å². The molecule has 2 fully saturated rings. The summed E-state index contributed by atoms with van der Waals surface area (Å²) < 4.78 is 76.0. The Morgan fingerprint density at radius 3 is 2.41 bits per heavy atom. The van der Waals surface area contributed by atoms with Gasteiger partial charge >= 0.3 is 12.1 Å². The number of rotatable bonds is 6. The molecule has 5 rings (SSSR count). The van der Waals surface area contributed by atoms with E-state index in [-0.39, 0.29) is 37.4 Å². The average molecular weight is 640 g/mol. The maximum absolute atomic E-state index is 15.0. The number of aryl methyl sites for hydroxylation is 2. The van der Waals surface area contributed by atoms with Crippen LogP contribution in [0.3, 0.4) is 0 Å². The van der Waals surface area contributed by atoms with Crippen molar-refractivity contribution >= 4 is 23.5 Å². The van der Waals surface area contributed by atoms with Crippen LogP contribution in [-0.2, 0) is 14.3 Å². The van der Waals surface area contributed by atoms with Crippen LogP contribution in [0.25, 0.3) is 5.69 Å². The summed E-state index contributed by atoms with van der Waals surface area (Å²) in [6, 6.07) is 7.52. The minimum atomic E-state index is -5.39. The number of alkyl halides is 3. The summed E-state index contributed by atoms with van der Waals surface area (Å²) in [5, 5.41) is 8.21. The molecular formula is C30H31ClF5N5O3. The van der Waals surface area contributed by atoms with Gasteiger partial charge < -0.3 is 15.0 Å². The number of hydrogen-bond donors (Lipinski definition) is 1. The summed E-state index contributed by atoms with van der Waals surface area (Å²) in [6.45, 7) is 3.92. The first-order valence-electron chi connectivity index (χ1n) is 14.2. The molecule has 0 spiro atoms. The molecule has 0 bridgehead atoms. The van der Waals surface area contributed by atoms with Crippen molar-refractivity contribution in [2.45, 2.75) is 69.2 Å². The van der Waals surface area contributed by atoms with Gasteiger partial charge in [-0.15, -0.1) is 0 Å². The van der Waals surface area contributed by atoms with Crippen LogP contribution in [0.4, 0.5) is 22.0 Å². The molecule has 1 saturated heterocycles. The predicted molar refractivity (Wildman–Crippen MR) is 150 cm³/mol. The number of carbonyl (C=O) groups excluding carboxylic acids is 2. The molecule has 2 heterocycles. The molecule has 1 aliphatic heterocycles. The fourth-order valence-electron chi connectivity index (χ4n) is 6.26. The molecule has 0 unspecified atom stereocenters. The van der Waals surface area contributed by atoms with Gasteiger partial charge in [0.15, 0.2) is 11.4 Å². The maximum atomic E-state index is 15.0. The number of likely N-dealkylation sites (tertiary alicyclic amines) is 1. The molecule has 8 nitrogen and oxygen atoms in total. The van der Waals surface area contributed by atoms with Crippen LogP contribution in [0, 0.1) is 25.5 Å². The Kier molecular flexibility index (Phi) is 8.74. The lowest BCUT2D eigenvalue weighted by atomic mass is 9.82. The van der Waals surface area contributed by atoms with Gasteiger partial charge in [0.1, 0.15) is 17.5 Å². The summed E-state index contributed by atoms with van der Waals surface area (Å²) in [6.07, 6.45) is -4.95. The Morgan fingerprint density at radius 2 is 1.80 bits per heavy atom. The average Bonchev–Trinajstić information content (AvgIpc) is 3.55. The van der Waals surface area contributed by atoms with Gasteiger partial charge in [-0.05, 0) is 75.5 Å². The number of benzene rings is 2. The SMILES string of the molecule is CN[C@@H]1C[C@H](c2ccc(F)cc2F)[C@@](OC(=O)C(F)(F)F)(C(=O)N2CCC(c3nc(C)n(-c4ccc(Cl)c(C)c4)n3)CC2)C1. The van der Waals surface area contributed by atoms with Crippen molar-refractivity contribution in [2.75, 3.05) is 20.1 Å². The zero-order valence-corrected chi connectivity index (χ0v) is 25.0. The summed E-state index contributed by atoms with van der Waals surface area (Å²) >= 11 is 6.16. The number of ether oxygens (including phenoxy) is 1. The molecule has 1 saturated carbocycles. The molecule has 236 valence electrons. The Labute approximate surface area is 255 Å². The van der Waals surface area contributed by atoms with Gasteiger partial charge in [-0.25, -0.2) is 23.2 Å². The molecule has 2 aliphatic rings. The van der Waals surface area contributed by atoms with E-state index < -0.39 is 47.2 Å². The molecule has 3 aromatic rings. The van der Waals surface area contributed by atoms with Gasteiger partial charge in [0.05, 0.1) is 5.69 Å². The van der Waals surface area contributed by atoms with Crippen LogP contribution in [-0.4, -0.2) is 69.5 Å². The van der Waals surface area contributed by atoms with E-state index in [4.69, 9.17) is 16.3 Å². The third-order valence-corrected chi connectivity index (χ3v) is 8.99. The van der Waals surface area contributed by atoms with E-state index >= 15 is 4.39 Å². The molecule has 3 atom stereocenters. The van der Waals surface area contributed by atoms with E-state index in [0.717, 1.165) is 23.4 Å². The highest BCUT2D eigenvalue weighted by atomic mass is 35.5. The predicted octanol–water partition coefficient (Wildman–Crippen LogP) is 5.53. The first kappa shape index (κ1) is 31.8. The molecule has 14 heteroatoms. The van der Waals surface area contributed by atoms with E-state index in [0.29, 0.717) is 35.6 Å². The zero-order valence-electron chi connectivity index (χ0n) is 24.2. The monoisotopic (exact) mass is 639 g/mol. The van der Waals surface area contributed by atoms with Crippen LogP contribution < -0.4 is 5.32 Å². The van der Waals surface area contributed by atoms with Crippen LogP contribution in [0.5, 0.6) is 0 Å². The largest absolute Gasteiger partial charge is 0.490 e. The number of piperidine rings is 1. The van der Waals surface area contributed by atoms with E-state index in [1.165, 1.54) is 4.90 Å². The summed E-state index contributed by atoms with van der Waals surface area (Å²) in [5.74, 6) is -5.58. The van der Waals surface area contributed by atoms with Crippen molar-refractivity contribution in [3.8, 4) is 5.69 Å². The number of halogens is 6. The summed E-state index contributed by atoms with van der Waals surface area (Å²) in [4.78, 5) is 32.4. The molecular weight excluding hydrogens is 609 g/mol. The number of aromatic nitrogens is 3. The molecule has 1 N–H and O–H groups in total. The van der Waals surface area contributed by atoms with E-state index in [9.17, 15) is 27.2 Å². The van der Waals surface area contributed by atoms with E-state index in [2.05, 4.69) is 15.4 Å². The zero-order chi connectivity index (χ0) is 32.0. The lowest BCUT2D eigenvalue weighted by molar-refractivity contribution is -0.217. The van der Waals surface area contributed by atoms with E-state index in [1.54, 1.807) is 17.8 Å². The number of nitrogens with zero attached hydrogens (tertiary/aromatic N) is 4. The summed E-state index contributed by atoms with van der Waals surface area (Å²) in [5.41, 5.74) is -0.915. The van der Waals surface area contributed by atoms with Gasteiger partial charge in [-0.1, -0.05) is 17.7 Å². The van der Waals surface area contributed by atoms with Crippen LogP contribution in [0.2, 0.25) is 5.02 Å². The Hall–Kier alpha value is -3.58. The molecule has 0 radical (unpaired) electrons. The van der Waals surface area contributed by atoms with Crippen LogP contribution in [0.1, 0.15) is 60.3 Å². The Morgan fingerprint density at radius 1 is 1.09 bits per heavy atom. The minimum absolute atomic E-state index is 0.0167. The maximum Gasteiger partial charge on any atom is 0.490 e. The highest BCUT2D eigenvalue weighted by Gasteiger charge is 2.60. The molecule has 44 heavy (non-hydrogen) atoms. The van der Waals surface area contributed by atoms with Gasteiger partial charge in [0.2, 0.25) is 0 Å². The normalized spacial score (nSPS) is 22.8. The van der Waals surface area contributed by atoms with Crippen molar-refractivity contribution in [2.24, 2.45) is 0 Å². The minimum Gasteiger partial charge on any atom is -0.442 e. The quantitative estimate of drug-likeness (QED) is 0.282. The molecule has 2 aromatic carbocycles. The van der Waals surface area contributed by atoms with Gasteiger partial charge in [0, 0.05) is 48.5 Å². The third kappa shape index (κ3) is 6.03. The molecule has 1 aliphatic carbocycles. The standard InChI is InChI=1S/C30H31ClF5N5O3/c1-16-12-21(5-7-24(16)31)41-17(2)38-26(39-41)18-8-10-40(11-9-18)27(42)29(44-28(43)30(34,35)36)15-20(37-3)14-23(29)22-6-4-19(32)13-25(22)33/h4-7,12-13,18,20,23,37H,8-11,14-15H2,1-3H3/t20-,23-,29-/m1/s1. The fourth-order valence-corrected chi connectivity index (χ4v) is 6.38. The smallest absolute Gasteiger partial charge is 0.442 e. The highest BCUT2D eigenvalue weighted by Crippen LogP contribution is 2.49. The second-order valence-electron chi connectivity index (χ2n) is 11.3.